The zero-order valence-electron chi connectivity index (χ0n) is 13.6. The number of nitrogens with one attached hydrogen (secondary N) is 2. The predicted molar refractivity (Wildman–Crippen MR) is 99.5 cm³/mol. The molecule has 0 aliphatic rings. The Morgan fingerprint density at radius 2 is 1.91 bits per heavy atom. The summed E-state index contributed by atoms with van der Waals surface area (Å²) in [5.41, 5.74) is 1.06. The van der Waals surface area contributed by atoms with Crippen LogP contribution in [0.3, 0.4) is 0 Å². The maximum atomic E-state index is 13.0. The van der Waals surface area contributed by atoms with E-state index in [2.05, 4.69) is 20.5 Å². The highest BCUT2D eigenvalue weighted by Crippen LogP contribution is 2.17. The van der Waals surface area contributed by atoms with Crippen molar-refractivity contribution in [2.75, 3.05) is 47.9 Å². The Labute approximate surface area is 149 Å². The van der Waals surface area contributed by atoms with E-state index in [9.17, 15) is 4.39 Å². The third kappa shape index (κ3) is 7.37. The summed E-state index contributed by atoms with van der Waals surface area (Å²) in [6.45, 7) is 1.99. The summed E-state index contributed by atoms with van der Waals surface area (Å²) >= 11 is 0. The van der Waals surface area contributed by atoms with Gasteiger partial charge < -0.3 is 20.3 Å². The molecule has 5 nitrogen and oxygen atoms in total. The second-order valence-corrected chi connectivity index (χ2v) is 4.90. The van der Waals surface area contributed by atoms with Gasteiger partial charge in [0.1, 0.15) is 5.82 Å². The molecule has 0 aromatic heterocycles. The molecule has 1 aromatic rings. The monoisotopic (exact) mass is 424 g/mol. The average molecular weight is 424 g/mol. The van der Waals surface area contributed by atoms with Crippen LogP contribution in [0.4, 0.5) is 4.39 Å². The molecule has 0 aliphatic carbocycles. The first-order valence-corrected chi connectivity index (χ1v) is 6.93. The van der Waals surface area contributed by atoms with Crippen molar-refractivity contribution in [3.63, 3.8) is 0 Å². The quantitative estimate of drug-likeness (QED) is 0.304. The molecule has 1 aromatic carbocycles. The first kappa shape index (κ1) is 21.1. The highest BCUT2D eigenvalue weighted by atomic mass is 127. The highest BCUT2D eigenvalue weighted by molar-refractivity contribution is 14.0. The van der Waals surface area contributed by atoms with Crippen molar-refractivity contribution >= 4 is 29.9 Å². The molecule has 7 heteroatoms. The number of guanidine groups is 1. The number of hydrogen-bond donors (Lipinski definition) is 2. The highest BCUT2D eigenvalue weighted by Gasteiger charge is 2.14. The number of hydrogen-bond acceptors (Lipinski definition) is 3. The molecule has 0 heterocycles. The average Bonchev–Trinajstić information content (AvgIpc) is 2.47. The first-order valence-electron chi connectivity index (χ1n) is 6.93. The van der Waals surface area contributed by atoms with Crippen LogP contribution in [0.25, 0.3) is 0 Å². The number of ether oxygens (including phenoxy) is 1. The second kappa shape index (κ2) is 11.6. The lowest BCUT2D eigenvalue weighted by atomic mass is 10.1. The van der Waals surface area contributed by atoms with Crippen molar-refractivity contribution in [2.24, 2.45) is 4.99 Å². The van der Waals surface area contributed by atoms with Crippen LogP contribution in [0.1, 0.15) is 11.6 Å². The Bertz CT molecular complexity index is 440. The summed E-state index contributed by atoms with van der Waals surface area (Å²) in [7, 11) is 7.38. The lowest BCUT2D eigenvalue weighted by Gasteiger charge is -2.26. The van der Waals surface area contributed by atoms with Gasteiger partial charge in [0.05, 0.1) is 12.6 Å². The molecule has 2 N–H and O–H groups in total. The summed E-state index contributed by atoms with van der Waals surface area (Å²) in [5, 5.41) is 6.43. The largest absolute Gasteiger partial charge is 0.383 e. The molecule has 0 saturated heterocycles. The third-order valence-corrected chi connectivity index (χ3v) is 3.16. The van der Waals surface area contributed by atoms with E-state index in [1.807, 2.05) is 26.2 Å². The van der Waals surface area contributed by atoms with Crippen LogP contribution in [0.15, 0.2) is 29.3 Å². The molecule has 0 fully saturated rings. The van der Waals surface area contributed by atoms with Crippen molar-refractivity contribution in [1.29, 1.82) is 0 Å². The Morgan fingerprint density at radius 3 is 2.41 bits per heavy atom. The van der Waals surface area contributed by atoms with Crippen LogP contribution in [-0.4, -0.2) is 58.8 Å². The minimum atomic E-state index is -0.221. The van der Waals surface area contributed by atoms with E-state index in [1.165, 1.54) is 12.1 Å². The first-order chi connectivity index (χ1) is 10.1. The van der Waals surface area contributed by atoms with Crippen molar-refractivity contribution in [2.45, 2.75) is 6.04 Å². The summed E-state index contributed by atoms with van der Waals surface area (Å²) in [5.74, 6) is 0.502. The van der Waals surface area contributed by atoms with Crippen LogP contribution in [0.2, 0.25) is 0 Å². The van der Waals surface area contributed by atoms with Gasteiger partial charge in [0.2, 0.25) is 0 Å². The van der Waals surface area contributed by atoms with Gasteiger partial charge in [-0.3, -0.25) is 4.99 Å². The topological polar surface area (TPSA) is 48.9 Å². The van der Waals surface area contributed by atoms with E-state index < -0.39 is 0 Å². The van der Waals surface area contributed by atoms with Crippen LogP contribution >= 0.6 is 24.0 Å². The smallest absolute Gasteiger partial charge is 0.191 e. The van der Waals surface area contributed by atoms with Gasteiger partial charge >= 0.3 is 0 Å². The second-order valence-electron chi connectivity index (χ2n) is 4.90. The van der Waals surface area contributed by atoms with Gasteiger partial charge in [0.25, 0.3) is 0 Å². The maximum Gasteiger partial charge on any atom is 0.191 e. The van der Waals surface area contributed by atoms with Gasteiger partial charge in [0, 0.05) is 27.2 Å². The summed E-state index contributed by atoms with van der Waals surface area (Å²) in [6, 6.07) is 6.71. The molecule has 0 spiro atoms. The van der Waals surface area contributed by atoms with Crippen LogP contribution in [-0.2, 0) is 4.74 Å². The lowest BCUT2D eigenvalue weighted by molar-refractivity contribution is 0.203. The van der Waals surface area contributed by atoms with Crippen molar-refractivity contribution in [1.82, 2.24) is 15.5 Å². The van der Waals surface area contributed by atoms with E-state index >= 15 is 0 Å². The molecule has 22 heavy (non-hydrogen) atoms. The van der Waals surface area contributed by atoms with Gasteiger partial charge in [-0.2, -0.15) is 0 Å². The van der Waals surface area contributed by atoms with Gasteiger partial charge in [-0.05, 0) is 31.8 Å². The molecule has 0 aliphatic heterocycles. The van der Waals surface area contributed by atoms with Gasteiger partial charge in [0.15, 0.2) is 5.96 Å². The number of benzene rings is 1. The molecule has 1 unspecified atom stereocenters. The molecule has 1 atom stereocenters. The fourth-order valence-corrected chi connectivity index (χ4v) is 1.97. The Kier molecular flexibility index (Phi) is 11.1. The molecule has 0 amide bonds. The van der Waals surface area contributed by atoms with Crippen molar-refractivity contribution in [3.8, 4) is 0 Å². The molecule has 0 bridgehead atoms. The summed E-state index contributed by atoms with van der Waals surface area (Å²) in [6.07, 6.45) is 0. The van der Waals surface area contributed by atoms with Gasteiger partial charge in [-0.25, -0.2) is 4.39 Å². The van der Waals surface area contributed by atoms with E-state index in [0.29, 0.717) is 19.7 Å². The summed E-state index contributed by atoms with van der Waals surface area (Å²) < 4.78 is 18.0. The number of halogens is 2. The molecule has 0 saturated carbocycles. The number of likely N-dealkylation sites (N-methyl/N-ethyl adjacent to an activating group) is 1. The Balaban J connectivity index is 0.00000441. The minimum Gasteiger partial charge on any atom is -0.383 e. The van der Waals surface area contributed by atoms with Crippen LogP contribution < -0.4 is 10.6 Å². The summed E-state index contributed by atoms with van der Waals surface area (Å²) in [4.78, 5) is 6.25. The van der Waals surface area contributed by atoms with E-state index in [1.54, 1.807) is 14.2 Å². The van der Waals surface area contributed by atoms with Gasteiger partial charge in [-0.15, -0.1) is 24.0 Å². The Morgan fingerprint density at radius 1 is 1.27 bits per heavy atom. The molecular formula is C15H26FIN4O. The predicted octanol–water partition coefficient (Wildman–Crippen LogP) is 1.86. The normalized spacial score (nSPS) is 12.7. The molecular weight excluding hydrogens is 398 g/mol. The zero-order chi connectivity index (χ0) is 15.7. The fraction of sp³-hybridized carbons (Fsp3) is 0.533. The van der Waals surface area contributed by atoms with E-state index in [-0.39, 0.29) is 35.8 Å². The minimum absolute atomic E-state index is 0. The number of nitrogens with zero attached hydrogens (tertiary/aromatic N) is 2. The van der Waals surface area contributed by atoms with Crippen LogP contribution in [0.5, 0.6) is 0 Å². The SMILES string of the molecule is CN=C(NCCOC)NCC(c1ccc(F)cc1)N(C)C.I. The molecule has 126 valence electrons. The number of rotatable bonds is 7. The lowest BCUT2D eigenvalue weighted by Crippen LogP contribution is -2.42. The van der Waals surface area contributed by atoms with Crippen LogP contribution in [0, 0.1) is 5.82 Å². The van der Waals surface area contributed by atoms with E-state index in [4.69, 9.17) is 4.74 Å². The number of aliphatic imine (C=N–C) groups is 1. The standard InChI is InChI=1S/C15H25FN4O.HI/c1-17-15(18-9-10-21-4)19-11-14(20(2)3)12-5-7-13(16)8-6-12;/h5-8,14H,9-11H2,1-4H3,(H2,17,18,19);1H. The van der Waals surface area contributed by atoms with Gasteiger partial charge in [-0.1, -0.05) is 12.1 Å². The molecule has 1 rings (SSSR count). The van der Waals surface area contributed by atoms with E-state index in [0.717, 1.165) is 11.5 Å². The fourth-order valence-electron chi connectivity index (χ4n) is 1.97. The van der Waals surface area contributed by atoms with Crippen molar-refractivity contribution < 1.29 is 9.13 Å². The number of methoxy groups -OCH3 is 1. The maximum absolute atomic E-state index is 13.0. The zero-order valence-corrected chi connectivity index (χ0v) is 15.9. The Hall–Kier alpha value is -0.930. The third-order valence-electron chi connectivity index (χ3n) is 3.16. The molecule has 0 radical (unpaired) electrons. The van der Waals surface area contributed by atoms with Crippen molar-refractivity contribution in [3.05, 3.63) is 35.6 Å².